The SMILES string of the molecule is Cc1cc(C2=NCc3ccc(C(=O)CC4CC[C@H]5CC[C@@H]4N5Cc4ccccc4F)cc32)ccn1. The first-order valence-corrected chi connectivity index (χ1v) is 12.7. The fourth-order valence-electron chi connectivity index (χ4n) is 6.34. The van der Waals surface area contributed by atoms with Crippen LogP contribution in [0.2, 0.25) is 0 Å². The Morgan fingerprint density at radius 2 is 1.91 bits per heavy atom. The number of carbonyl (C=O) groups is 1. The van der Waals surface area contributed by atoms with Crippen LogP contribution in [-0.4, -0.2) is 33.5 Å². The lowest BCUT2D eigenvalue weighted by atomic mass is 9.84. The van der Waals surface area contributed by atoms with E-state index in [1.807, 2.05) is 49.5 Å². The Hall–Kier alpha value is -3.18. The number of nitrogens with zero attached hydrogens (tertiary/aromatic N) is 3. The second kappa shape index (κ2) is 9.12. The third-order valence-corrected chi connectivity index (χ3v) is 8.13. The van der Waals surface area contributed by atoms with Gasteiger partial charge in [0.1, 0.15) is 5.82 Å². The van der Waals surface area contributed by atoms with Gasteiger partial charge in [0.15, 0.2) is 5.78 Å². The summed E-state index contributed by atoms with van der Waals surface area (Å²) in [4.78, 5) is 25.0. The Balaban J connectivity index is 1.20. The molecule has 3 aliphatic heterocycles. The number of carbonyl (C=O) groups excluding carboxylic acids is 1. The van der Waals surface area contributed by atoms with E-state index in [0.717, 1.165) is 59.3 Å². The van der Waals surface area contributed by atoms with Crippen LogP contribution in [0.3, 0.4) is 0 Å². The number of Topliss-reactive ketones (excluding diaryl/α,β-unsaturated/α-hetero) is 1. The van der Waals surface area contributed by atoms with Crippen LogP contribution in [0.4, 0.5) is 4.39 Å². The molecule has 6 rings (SSSR count). The average molecular weight is 468 g/mol. The van der Waals surface area contributed by atoms with Gasteiger partial charge < -0.3 is 0 Å². The van der Waals surface area contributed by atoms with E-state index in [1.54, 1.807) is 12.1 Å². The van der Waals surface area contributed by atoms with E-state index < -0.39 is 0 Å². The minimum Gasteiger partial charge on any atom is -0.294 e. The van der Waals surface area contributed by atoms with Gasteiger partial charge >= 0.3 is 0 Å². The van der Waals surface area contributed by atoms with Crippen molar-refractivity contribution in [1.82, 2.24) is 9.88 Å². The van der Waals surface area contributed by atoms with Crippen molar-refractivity contribution in [2.24, 2.45) is 10.9 Å². The highest BCUT2D eigenvalue weighted by atomic mass is 19.1. The summed E-state index contributed by atoms with van der Waals surface area (Å²) in [6.07, 6.45) is 6.76. The van der Waals surface area contributed by atoms with Crippen LogP contribution in [-0.2, 0) is 13.1 Å². The molecule has 2 bridgehead atoms. The summed E-state index contributed by atoms with van der Waals surface area (Å²) in [5.74, 6) is 0.383. The molecule has 35 heavy (non-hydrogen) atoms. The predicted octanol–water partition coefficient (Wildman–Crippen LogP) is 5.90. The molecule has 0 aliphatic carbocycles. The Morgan fingerprint density at radius 1 is 1.06 bits per heavy atom. The van der Waals surface area contributed by atoms with Crippen LogP contribution >= 0.6 is 0 Å². The molecule has 0 radical (unpaired) electrons. The minimum absolute atomic E-state index is 0.134. The van der Waals surface area contributed by atoms with Gasteiger partial charge in [-0.3, -0.25) is 19.7 Å². The quantitative estimate of drug-likeness (QED) is 0.424. The van der Waals surface area contributed by atoms with Crippen LogP contribution in [0, 0.1) is 18.7 Å². The first-order chi connectivity index (χ1) is 17.1. The number of hydrogen-bond acceptors (Lipinski definition) is 4. The standard InChI is InChI=1S/C30H30FN3O/c1-19-14-22(12-13-32-19)30-26-15-21(6-7-23(26)17-33-30)29(35)16-20-8-9-25-10-11-28(20)34(25)18-24-4-2-3-5-27(24)31/h2-7,12-15,20,25,28H,8-11,16-18H2,1H3/t20?,25-,28-/m0/s1. The third-order valence-electron chi connectivity index (χ3n) is 8.13. The molecule has 3 aromatic rings. The lowest BCUT2D eigenvalue weighted by Crippen LogP contribution is -2.44. The Kier molecular flexibility index (Phi) is 5.81. The van der Waals surface area contributed by atoms with E-state index >= 15 is 0 Å². The molecule has 0 N–H and O–H groups in total. The smallest absolute Gasteiger partial charge is 0.163 e. The van der Waals surface area contributed by atoms with Gasteiger partial charge in [0, 0.05) is 59.2 Å². The van der Waals surface area contributed by atoms with E-state index in [1.165, 1.54) is 5.56 Å². The van der Waals surface area contributed by atoms with Gasteiger partial charge in [0.05, 0.1) is 12.3 Å². The molecule has 3 aliphatic rings. The molecule has 4 nitrogen and oxygen atoms in total. The maximum atomic E-state index is 14.3. The monoisotopic (exact) mass is 467 g/mol. The highest BCUT2D eigenvalue weighted by Crippen LogP contribution is 2.42. The van der Waals surface area contributed by atoms with Gasteiger partial charge in [0.25, 0.3) is 0 Å². The number of aliphatic imine (C=N–C) groups is 1. The summed E-state index contributed by atoms with van der Waals surface area (Å²) in [7, 11) is 0. The van der Waals surface area contributed by atoms with Crippen molar-refractivity contribution in [2.75, 3.05) is 0 Å². The maximum absolute atomic E-state index is 14.3. The first kappa shape index (κ1) is 22.3. The molecule has 0 spiro atoms. The highest BCUT2D eigenvalue weighted by molar-refractivity contribution is 6.16. The van der Waals surface area contributed by atoms with E-state index in [-0.39, 0.29) is 11.6 Å². The second-order valence-corrected chi connectivity index (χ2v) is 10.2. The molecule has 2 aromatic carbocycles. The van der Waals surface area contributed by atoms with Crippen molar-refractivity contribution < 1.29 is 9.18 Å². The number of ketones is 1. The largest absolute Gasteiger partial charge is 0.294 e. The zero-order valence-electron chi connectivity index (χ0n) is 20.1. The molecule has 0 amide bonds. The summed E-state index contributed by atoms with van der Waals surface area (Å²) >= 11 is 0. The van der Waals surface area contributed by atoms with Gasteiger partial charge in [-0.25, -0.2) is 4.39 Å². The lowest BCUT2D eigenvalue weighted by Gasteiger charge is -2.40. The highest BCUT2D eigenvalue weighted by Gasteiger charge is 2.42. The maximum Gasteiger partial charge on any atom is 0.163 e. The molecule has 5 heteroatoms. The van der Waals surface area contributed by atoms with Crippen LogP contribution < -0.4 is 0 Å². The number of piperidine rings is 1. The van der Waals surface area contributed by atoms with Gasteiger partial charge in [-0.1, -0.05) is 30.3 Å². The van der Waals surface area contributed by atoms with Crippen molar-refractivity contribution in [3.63, 3.8) is 0 Å². The molecule has 4 heterocycles. The molecule has 3 atom stereocenters. The fourth-order valence-corrected chi connectivity index (χ4v) is 6.34. The lowest BCUT2D eigenvalue weighted by molar-refractivity contribution is 0.0684. The Bertz CT molecular complexity index is 1320. The summed E-state index contributed by atoms with van der Waals surface area (Å²) in [6.45, 7) is 3.27. The number of aromatic nitrogens is 1. The van der Waals surface area contributed by atoms with Crippen molar-refractivity contribution in [1.29, 1.82) is 0 Å². The summed E-state index contributed by atoms with van der Waals surface area (Å²) in [6, 6.07) is 18.0. The zero-order valence-corrected chi connectivity index (χ0v) is 20.1. The third kappa shape index (κ3) is 4.23. The number of pyridine rings is 1. The predicted molar refractivity (Wildman–Crippen MR) is 135 cm³/mol. The first-order valence-electron chi connectivity index (χ1n) is 12.7. The number of rotatable bonds is 6. The minimum atomic E-state index is -0.134. The van der Waals surface area contributed by atoms with Crippen molar-refractivity contribution in [2.45, 2.75) is 64.2 Å². The zero-order chi connectivity index (χ0) is 23.9. The van der Waals surface area contributed by atoms with Crippen molar-refractivity contribution >= 4 is 11.5 Å². The number of aryl methyl sites for hydroxylation is 1. The normalized spacial score (nSPS) is 23.3. The van der Waals surface area contributed by atoms with Crippen LogP contribution in [0.1, 0.15) is 70.4 Å². The fraction of sp³-hybridized carbons (Fsp3) is 0.367. The summed E-state index contributed by atoms with van der Waals surface area (Å²) in [5, 5.41) is 0. The van der Waals surface area contributed by atoms with E-state index in [4.69, 9.17) is 4.99 Å². The van der Waals surface area contributed by atoms with Gasteiger partial charge in [-0.2, -0.15) is 0 Å². The van der Waals surface area contributed by atoms with Crippen molar-refractivity contribution in [3.8, 4) is 0 Å². The van der Waals surface area contributed by atoms with Gasteiger partial charge in [-0.15, -0.1) is 0 Å². The molecule has 1 aromatic heterocycles. The van der Waals surface area contributed by atoms with Gasteiger partial charge in [-0.05, 0) is 68.4 Å². The Morgan fingerprint density at radius 3 is 2.77 bits per heavy atom. The average Bonchev–Trinajstić information content (AvgIpc) is 3.40. The van der Waals surface area contributed by atoms with E-state index in [0.29, 0.717) is 37.5 Å². The van der Waals surface area contributed by atoms with Crippen LogP contribution in [0.25, 0.3) is 0 Å². The number of benzene rings is 2. The van der Waals surface area contributed by atoms with Crippen LogP contribution in [0.15, 0.2) is 65.8 Å². The topological polar surface area (TPSA) is 45.6 Å². The Labute approximate surface area is 205 Å². The molecular weight excluding hydrogens is 437 g/mol. The second-order valence-electron chi connectivity index (χ2n) is 10.2. The van der Waals surface area contributed by atoms with Gasteiger partial charge in [0.2, 0.25) is 0 Å². The molecule has 1 unspecified atom stereocenters. The molecule has 178 valence electrons. The summed E-state index contributed by atoms with van der Waals surface area (Å²) < 4.78 is 14.3. The number of hydrogen-bond donors (Lipinski definition) is 0. The summed E-state index contributed by atoms with van der Waals surface area (Å²) in [5.41, 5.74) is 6.71. The van der Waals surface area contributed by atoms with E-state index in [9.17, 15) is 9.18 Å². The van der Waals surface area contributed by atoms with E-state index in [2.05, 4.69) is 16.0 Å². The molecule has 2 fully saturated rings. The molecule has 2 saturated heterocycles. The number of fused-ring (bicyclic) bond motifs is 3. The van der Waals surface area contributed by atoms with Crippen molar-refractivity contribution in [3.05, 3.63) is 100 Å². The molecular formula is C30H30FN3O. The van der Waals surface area contributed by atoms with Crippen LogP contribution in [0.5, 0.6) is 0 Å². The number of halogens is 1. The molecule has 0 saturated carbocycles.